The molecule has 0 aliphatic rings. The number of aryl methyl sites for hydroxylation is 2. The Bertz CT molecular complexity index is 549. The number of hydrogen-bond acceptors (Lipinski definition) is 2. The highest BCUT2D eigenvalue weighted by atomic mass is 16.5. The topological polar surface area (TPSA) is 21.3 Å². The molecule has 0 bridgehead atoms. The molecule has 0 fully saturated rings. The third-order valence-corrected chi connectivity index (χ3v) is 3.21. The maximum absolute atomic E-state index is 5.49. The Labute approximate surface area is 115 Å². The van der Waals surface area contributed by atoms with E-state index < -0.39 is 0 Å². The van der Waals surface area contributed by atoms with Crippen LogP contribution in [0.1, 0.15) is 23.6 Å². The maximum atomic E-state index is 5.49. The minimum Gasteiger partial charge on any atom is -0.494 e. The van der Waals surface area contributed by atoms with Crippen LogP contribution in [-0.4, -0.2) is 6.61 Å². The van der Waals surface area contributed by atoms with E-state index in [0.717, 1.165) is 18.0 Å². The molecule has 0 aromatic heterocycles. The number of benzene rings is 2. The van der Waals surface area contributed by atoms with Crippen LogP contribution < -0.4 is 10.1 Å². The summed E-state index contributed by atoms with van der Waals surface area (Å²) >= 11 is 0. The molecular formula is C17H21NO. The molecule has 1 N–H and O–H groups in total. The van der Waals surface area contributed by atoms with E-state index in [1.165, 1.54) is 16.7 Å². The molecular weight excluding hydrogens is 234 g/mol. The molecule has 0 aliphatic carbocycles. The molecule has 100 valence electrons. The van der Waals surface area contributed by atoms with Crippen molar-refractivity contribution in [1.82, 2.24) is 0 Å². The lowest BCUT2D eigenvalue weighted by Gasteiger charge is -2.10. The second-order valence-electron chi connectivity index (χ2n) is 4.73. The van der Waals surface area contributed by atoms with Crippen LogP contribution in [0.5, 0.6) is 5.75 Å². The lowest BCUT2D eigenvalue weighted by atomic mass is 10.1. The van der Waals surface area contributed by atoms with Gasteiger partial charge in [-0.25, -0.2) is 0 Å². The van der Waals surface area contributed by atoms with Gasteiger partial charge in [-0.15, -0.1) is 0 Å². The second-order valence-corrected chi connectivity index (χ2v) is 4.73. The number of ether oxygens (including phenoxy) is 1. The van der Waals surface area contributed by atoms with Gasteiger partial charge in [0.25, 0.3) is 0 Å². The summed E-state index contributed by atoms with van der Waals surface area (Å²) in [6.07, 6.45) is 0. The van der Waals surface area contributed by atoms with Crippen LogP contribution in [0, 0.1) is 13.8 Å². The third-order valence-electron chi connectivity index (χ3n) is 3.21. The molecule has 0 saturated carbocycles. The summed E-state index contributed by atoms with van der Waals surface area (Å²) in [7, 11) is 0. The Kier molecular flexibility index (Phi) is 4.45. The Morgan fingerprint density at radius 3 is 2.58 bits per heavy atom. The summed E-state index contributed by atoms with van der Waals surface area (Å²) in [5.41, 5.74) is 5.05. The highest BCUT2D eigenvalue weighted by Crippen LogP contribution is 2.18. The standard InChI is InChI=1S/C17H21NO/c1-4-19-17-7-5-6-16(11-17)18-12-15-9-8-13(2)14(3)10-15/h5-11,18H,4,12H2,1-3H3. The van der Waals surface area contributed by atoms with Gasteiger partial charge in [0.1, 0.15) is 5.75 Å². The molecule has 19 heavy (non-hydrogen) atoms. The van der Waals surface area contributed by atoms with E-state index in [4.69, 9.17) is 4.74 Å². The van der Waals surface area contributed by atoms with Crippen LogP contribution in [0.2, 0.25) is 0 Å². The average molecular weight is 255 g/mol. The van der Waals surface area contributed by atoms with E-state index in [1.54, 1.807) is 0 Å². The van der Waals surface area contributed by atoms with E-state index in [2.05, 4.69) is 43.4 Å². The zero-order chi connectivity index (χ0) is 13.7. The first-order valence-electron chi connectivity index (χ1n) is 6.72. The van der Waals surface area contributed by atoms with Gasteiger partial charge in [0, 0.05) is 18.3 Å². The van der Waals surface area contributed by atoms with Crippen LogP contribution in [0.15, 0.2) is 42.5 Å². The Morgan fingerprint density at radius 2 is 1.84 bits per heavy atom. The molecule has 2 aromatic carbocycles. The fraction of sp³-hybridized carbons (Fsp3) is 0.294. The molecule has 0 atom stereocenters. The molecule has 2 nitrogen and oxygen atoms in total. The van der Waals surface area contributed by atoms with Crippen molar-refractivity contribution in [2.75, 3.05) is 11.9 Å². The van der Waals surface area contributed by atoms with E-state index in [-0.39, 0.29) is 0 Å². The number of rotatable bonds is 5. The molecule has 0 spiro atoms. The molecule has 0 unspecified atom stereocenters. The molecule has 2 rings (SSSR count). The van der Waals surface area contributed by atoms with Gasteiger partial charge in [-0.05, 0) is 49.6 Å². The van der Waals surface area contributed by atoms with Crippen LogP contribution in [0.4, 0.5) is 5.69 Å². The summed E-state index contributed by atoms with van der Waals surface area (Å²) < 4.78 is 5.49. The van der Waals surface area contributed by atoms with Gasteiger partial charge in [0.05, 0.1) is 6.61 Å². The molecule has 2 heteroatoms. The quantitative estimate of drug-likeness (QED) is 0.859. The second kappa shape index (κ2) is 6.28. The molecule has 0 aliphatic heterocycles. The Hall–Kier alpha value is -1.96. The van der Waals surface area contributed by atoms with Crippen molar-refractivity contribution < 1.29 is 4.74 Å². The third kappa shape index (κ3) is 3.75. The van der Waals surface area contributed by atoms with Crippen LogP contribution in [-0.2, 0) is 6.54 Å². The van der Waals surface area contributed by atoms with Crippen molar-refractivity contribution in [1.29, 1.82) is 0 Å². The van der Waals surface area contributed by atoms with E-state index in [0.29, 0.717) is 6.61 Å². The molecule has 0 saturated heterocycles. The Morgan fingerprint density at radius 1 is 1.00 bits per heavy atom. The minimum absolute atomic E-state index is 0.695. The van der Waals surface area contributed by atoms with Gasteiger partial charge in [-0.1, -0.05) is 24.3 Å². The highest BCUT2D eigenvalue weighted by Gasteiger charge is 1.98. The minimum atomic E-state index is 0.695. The van der Waals surface area contributed by atoms with Crippen molar-refractivity contribution in [2.45, 2.75) is 27.3 Å². The summed E-state index contributed by atoms with van der Waals surface area (Å²) in [5, 5.41) is 3.43. The zero-order valence-electron chi connectivity index (χ0n) is 11.9. The van der Waals surface area contributed by atoms with E-state index >= 15 is 0 Å². The Balaban J connectivity index is 2.01. The van der Waals surface area contributed by atoms with Crippen LogP contribution >= 0.6 is 0 Å². The smallest absolute Gasteiger partial charge is 0.121 e. The number of nitrogens with one attached hydrogen (secondary N) is 1. The summed E-state index contributed by atoms with van der Waals surface area (Å²) in [5.74, 6) is 0.910. The largest absolute Gasteiger partial charge is 0.494 e. The summed E-state index contributed by atoms with van der Waals surface area (Å²) in [4.78, 5) is 0. The predicted molar refractivity (Wildman–Crippen MR) is 80.9 cm³/mol. The van der Waals surface area contributed by atoms with Gasteiger partial charge in [-0.2, -0.15) is 0 Å². The fourth-order valence-electron chi connectivity index (χ4n) is 1.98. The molecule has 0 heterocycles. The first kappa shape index (κ1) is 13.5. The molecule has 0 amide bonds. The predicted octanol–water partition coefficient (Wildman–Crippen LogP) is 4.31. The fourth-order valence-corrected chi connectivity index (χ4v) is 1.98. The number of anilines is 1. The van der Waals surface area contributed by atoms with E-state index in [9.17, 15) is 0 Å². The average Bonchev–Trinajstić information content (AvgIpc) is 2.41. The van der Waals surface area contributed by atoms with Crippen molar-refractivity contribution in [3.63, 3.8) is 0 Å². The van der Waals surface area contributed by atoms with Gasteiger partial charge in [0.15, 0.2) is 0 Å². The molecule has 0 radical (unpaired) electrons. The lowest BCUT2D eigenvalue weighted by molar-refractivity contribution is 0.340. The van der Waals surface area contributed by atoms with Gasteiger partial charge < -0.3 is 10.1 Å². The summed E-state index contributed by atoms with van der Waals surface area (Å²) in [6.45, 7) is 7.80. The normalized spacial score (nSPS) is 10.3. The molecule has 2 aromatic rings. The number of hydrogen-bond donors (Lipinski definition) is 1. The van der Waals surface area contributed by atoms with Crippen molar-refractivity contribution >= 4 is 5.69 Å². The lowest BCUT2D eigenvalue weighted by Crippen LogP contribution is -2.00. The van der Waals surface area contributed by atoms with Crippen molar-refractivity contribution in [3.05, 3.63) is 59.2 Å². The SMILES string of the molecule is CCOc1cccc(NCc2ccc(C)c(C)c2)c1. The van der Waals surface area contributed by atoms with Crippen LogP contribution in [0.25, 0.3) is 0 Å². The monoisotopic (exact) mass is 255 g/mol. The van der Waals surface area contributed by atoms with Gasteiger partial charge in [0.2, 0.25) is 0 Å². The van der Waals surface area contributed by atoms with Crippen LogP contribution in [0.3, 0.4) is 0 Å². The maximum Gasteiger partial charge on any atom is 0.121 e. The van der Waals surface area contributed by atoms with Crippen molar-refractivity contribution in [3.8, 4) is 5.75 Å². The summed E-state index contributed by atoms with van der Waals surface area (Å²) in [6, 6.07) is 14.6. The first-order valence-corrected chi connectivity index (χ1v) is 6.72. The van der Waals surface area contributed by atoms with E-state index in [1.807, 2.05) is 25.1 Å². The van der Waals surface area contributed by atoms with Gasteiger partial charge in [-0.3, -0.25) is 0 Å². The van der Waals surface area contributed by atoms with Crippen molar-refractivity contribution in [2.24, 2.45) is 0 Å². The van der Waals surface area contributed by atoms with Gasteiger partial charge >= 0.3 is 0 Å². The zero-order valence-corrected chi connectivity index (χ0v) is 11.9. The first-order chi connectivity index (χ1) is 9.19. The highest BCUT2D eigenvalue weighted by molar-refractivity contribution is 5.48.